The first kappa shape index (κ1) is 16.9. The quantitative estimate of drug-likeness (QED) is 0.387. The van der Waals surface area contributed by atoms with Gasteiger partial charge in [0.25, 0.3) is 0 Å². The summed E-state index contributed by atoms with van der Waals surface area (Å²) in [5, 5.41) is 8.46. The van der Waals surface area contributed by atoms with Crippen molar-refractivity contribution in [3.8, 4) is 0 Å². The average molecular weight is 252 g/mol. The topological polar surface area (TPSA) is 37.3 Å². The lowest BCUT2D eigenvalue weighted by Crippen LogP contribution is -1.92. The van der Waals surface area contributed by atoms with Gasteiger partial charge in [-0.05, 0) is 38.5 Å². The van der Waals surface area contributed by atoms with Crippen LogP contribution in [-0.2, 0) is 4.79 Å². The molecule has 0 amide bonds. The minimum absolute atomic E-state index is 0.280. The van der Waals surface area contributed by atoms with Crippen LogP contribution >= 0.6 is 0 Å². The summed E-state index contributed by atoms with van der Waals surface area (Å²) in [6.45, 7) is 2.23. The molecule has 0 aromatic rings. The van der Waals surface area contributed by atoms with Gasteiger partial charge in [0.1, 0.15) is 0 Å². The molecule has 1 N–H and O–H groups in total. The van der Waals surface area contributed by atoms with Gasteiger partial charge in [0.2, 0.25) is 0 Å². The van der Waals surface area contributed by atoms with Crippen molar-refractivity contribution in [1.82, 2.24) is 0 Å². The summed E-state index contributed by atoms with van der Waals surface area (Å²) in [7, 11) is 0. The van der Waals surface area contributed by atoms with Crippen LogP contribution in [-0.4, -0.2) is 11.1 Å². The molecule has 0 aromatic carbocycles. The minimum atomic E-state index is -0.700. The third-order valence-corrected chi connectivity index (χ3v) is 2.82. The maximum Gasteiger partial charge on any atom is 0.303 e. The van der Waals surface area contributed by atoms with Crippen molar-refractivity contribution in [3.05, 3.63) is 24.3 Å². The first-order chi connectivity index (χ1) is 8.77. The molecule has 0 saturated carbocycles. The predicted octanol–water partition coefficient (Wildman–Crippen LogP) is 5.10. The van der Waals surface area contributed by atoms with E-state index in [1.807, 2.05) is 0 Å². The van der Waals surface area contributed by atoms with Gasteiger partial charge in [-0.3, -0.25) is 4.79 Å². The van der Waals surface area contributed by atoms with E-state index < -0.39 is 5.97 Å². The lowest BCUT2D eigenvalue weighted by Gasteiger charge is -1.94. The summed E-state index contributed by atoms with van der Waals surface area (Å²) in [5.41, 5.74) is 0. The van der Waals surface area contributed by atoms with Crippen molar-refractivity contribution in [2.45, 2.75) is 71.1 Å². The molecule has 0 aliphatic rings. The molecule has 0 rings (SSSR count). The molecule has 0 saturated heterocycles. The number of aliphatic carboxylic acids is 1. The van der Waals surface area contributed by atoms with Crippen LogP contribution in [0.2, 0.25) is 0 Å². The van der Waals surface area contributed by atoms with Gasteiger partial charge in [0.15, 0.2) is 0 Å². The molecule has 0 spiro atoms. The Morgan fingerprint density at radius 3 is 1.94 bits per heavy atom. The lowest BCUT2D eigenvalue weighted by molar-refractivity contribution is -0.137. The minimum Gasteiger partial charge on any atom is -0.481 e. The Labute approximate surface area is 112 Å². The zero-order chi connectivity index (χ0) is 13.5. The van der Waals surface area contributed by atoms with E-state index in [9.17, 15) is 4.79 Å². The van der Waals surface area contributed by atoms with E-state index in [1.165, 1.54) is 32.1 Å². The number of carbonyl (C=O) groups is 1. The molecule has 2 nitrogen and oxygen atoms in total. The van der Waals surface area contributed by atoms with E-state index >= 15 is 0 Å². The zero-order valence-corrected chi connectivity index (χ0v) is 11.7. The molecule has 0 radical (unpaired) electrons. The molecule has 18 heavy (non-hydrogen) atoms. The van der Waals surface area contributed by atoms with Gasteiger partial charge < -0.3 is 5.11 Å². The highest BCUT2D eigenvalue weighted by molar-refractivity contribution is 5.66. The number of hydrogen-bond donors (Lipinski definition) is 1. The molecular weight excluding hydrogens is 224 g/mol. The molecule has 0 aliphatic carbocycles. The monoisotopic (exact) mass is 252 g/mol. The number of carboxylic acid groups (broad SMARTS) is 1. The van der Waals surface area contributed by atoms with Gasteiger partial charge in [-0.1, -0.05) is 50.5 Å². The first-order valence-corrected chi connectivity index (χ1v) is 7.29. The second-order valence-electron chi connectivity index (χ2n) is 4.66. The highest BCUT2D eigenvalue weighted by Gasteiger charge is 1.92. The van der Waals surface area contributed by atoms with E-state index in [1.54, 1.807) is 0 Å². The fourth-order valence-corrected chi connectivity index (χ4v) is 1.72. The van der Waals surface area contributed by atoms with Crippen LogP contribution in [0.5, 0.6) is 0 Å². The maximum atomic E-state index is 10.3. The molecule has 0 unspecified atom stereocenters. The van der Waals surface area contributed by atoms with Crippen molar-refractivity contribution >= 4 is 5.97 Å². The van der Waals surface area contributed by atoms with E-state index in [4.69, 9.17) is 5.11 Å². The van der Waals surface area contributed by atoms with Crippen LogP contribution in [0.15, 0.2) is 24.3 Å². The van der Waals surface area contributed by atoms with E-state index in [0.717, 1.165) is 25.7 Å². The number of unbranched alkanes of at least 4 members (excludes halogenated alkanes) is 6. The fourth-order valence-electron chi connectivity index (χ4n) is 1.72. The molecule has 0 bridgehead atoms. The normalized spacial score (nSPS) is 11.6. The Bertz CT molecular complexity index is 241. The van der Waals surface area contributed by atoms with E-state index in [-0.39, 0.29) is 6.42 Å². The summed E-state index contributed by atoms with van der Waals surface area (Å²) >= 11 is 0. The summed E-state index contributed by atoms with van der Waals surface area (Å²) in [5.74, 6) is -0.700. The van der Waals surface area contributed by atoms with Crippen LogP contribution in [0.4, 0.5) is 0 Å². The molecule has 0 atom stereocenters. The smallest absolute Gasteiger partial charge is 0.303 e. The molecule has 0 fully saturated rings. The molecule has 0 heterocycles. The lowest BCUT2D eigenvalue weighted by atomic mass is 10.1. The van der Waals surface area contributed by atoms with Crippen LogP contribution in [0.3, 0.4) is 0 Å². The van der Waals surface area contributed by atoms with Crippen molar-refractivity contribution in [2.75, 3.05) is 0 Å². The highest BCUT2D eigenvalue weighted by Crippen LogP contribution is 2.04. The summed E-state index contributed by atoms with van der Waals surface area (Å²) < 4.78 is 0. The highest BCUT2D eigenvalue weighted by atomic mass is 16.4. The van der Waals surface area contributed by atoms with E-state index in [2.05, 4.69) is 31.2 Å². The molecule has 0 aliphatic heterocycles. The third-order valence-electron chi connectivity index (χ3n) is 2.82. The Morgan fingerprint density at radius 1 is 0.833 bits per heavy atom. The molecular formula is C16H28O2. The van der Waals surface area contributed by atoms with Crippen molar-refractivity contribution < 1.29 is 9.90 Å². The SMILES string of the molecule is CCCCCC/C=C\CC/C=C/CCCC(=O)O. The summed E-state index contributed by atoms with van der Waals surface area (Å²) in [4.78, 5) is 10.3. The average Bonchev–Trinajstić information content (AvgIpc) is 2.34. The second kappa shape index (κ2) is 14.0. The Kier molecular flexibility index (Phi) is 13.2. The Hall–Kier alpha value is -1.05. The van der Waals surface area contributed by atoms with Crippen LogP contribution in [0, 0.1) is 0 Å². The molecule has 2 heteroatoms. The van der Waals surface area contributed by atoms with E-state index in [0.29, 0.717) is 0 Å². The van der Waals surface area contributed by atoms with Crippen molar-refractivity contribution in [2.24, 2.45) is 0 Å². The van der Waals surface area contributed by atoms with Crippen molar-refractivity contribution in [1.29, 1.82) is 0 Å². The fraction of sp³-hybridized carbons (Fsp3) is 0.688. The maximum absolute atomic E-state index is 10.3. The summed E-state index contributed by atoms with van der Waals surface area (Å²) in [6.07, 6.45) is 19.4. The largest absolute Gasteiger partial charge is 0.481 e. The predicted molar refractivity (Wildman–Crippen MR) is 77.8 cm³/mol. The van der Waals surface area contributed by atoms with Gasteiger partial charge in [-0.25, -0.2) is 0 Å². The molecule has 0 aromatic heterocycles. The first-order valence-electron chi connectivity index (χ1n) is 7.29. The Morgan fingerprint density at radius 2 is 1.39 bits per heavy atom. The number of rotatable bonds is 12. The third kappa shape index (κ3) is 14.9. The number of allylic oxidation sites excluding steroid dienone is 4. The van der Waals surface area contributed by atoms with Gasteiger partial charge in [0, 0.05) is 6.42 Å². The number of carboxylic acids is 1. The van der Waals surface area contributed by atoms with Gasteiger partial charge in [-0.15, -0.1) is 0 Å². The molecule has 104 valence electrons. The van der Waals surface area contributed by atoms with Gasteiger partial charge in [0.05, 0.1) is 0 Å². The van der Waals surface area contributed by atoms with Gasteiger partial charge in [-0.2, -0.15) is 0 Å². The standard InChI is InChI=1S/C16H28O2/c1-2-3-4-5-6-7-8-9-10-11-12-13-14-15-16(17)18/h7-8,11-12H,2-6,9-10,13-15H2,1H3,(H,17,18)/b8-7-,12-11+. The zero-order valence-electron chi connectivity index (χ0n) is 11.7. The Balaban J connectivity index is 3.20. The van der Waals surface area contributed by atoms with Crippen LogP contribution in [0.25, 0.3) is 0 Å². The second-order valence-corrected chi connectivity index (χ2v) is 4.66. The van der Waals surface area contributed by atoms with Crippen LogP contribution in [0.1, 0.15) is 71.1 Å². The summed E-state index contributed by atoms with van der Waals surface area (Å²) in [6, 6.07) is 0. The van der Waals surface area contributed by atoms with Crippen LogP contribution < -0.4 is 0 Å². The number of hydrogen-bond acceptors (Lipinski definition) is 1. The van der Waals surface area contributed by atoms with Crippen molar-refractivity contribution in [3.63, 3.8) is 0 Å². The van der Waals surface area contributed by atoms with Gasteiger partial charge >= 0.3 is 5.97 Å².